The molecule has 0 amide bonds. The third kappa shape index (κ3) is 1.98. The number of hydrogen-bond acceptors (Lipinski definition) is 4. The zero-order valence-corrected chi connectivity index (χ0v) is 9.13. The number of guanidine groups is 1. The van der Waals surface area contributed by atoms with Gasteiger partial charge in [0.2, 0.25) is 0 Å². The Morgan fingerprint density at radius 3 is 3.00 bits per heavy atom. The van der Waals surface area contributed by atoms with Crippen molar-refractivity contribution < 1.29 is 0 Å². The van der Waals surface area contributed by atoms with Crippen molar-refractivity contribution in [3.05, 3.63) is 22.7 Å². The Kier molecular flexibility index (Phi) is 2.58. The minimum Gasteiger partial charge on any atom is -0.398 e. The van der Waals surface area contributed by atoms with E-state index in [0.29, 0.717) is 5.69 Å². The van der Waals surface area contributed by atoms with Crippen molar-refractivity contribution in [3.8, 4) is 0 Å². The molecule has 0 bridgehead atoms. The van der Waals surface area contributed by atoms with E-state index in [1.54, 1.807) is 0 Å². The maximum Gasteiger partial charge on any atom is 0.195 e. The van der Waals surface area contributed by atoms with Crippen molar-refractivity contribution in [2.24, 2.45) is 4.99 Å². The summed E-state index contributed by atoms with van der Waals surface area (Å²) in [6, 6.07) is 5.72. The zero-order valence-electron chi connectivity index (χ0n) is 7.55. The number of benzene rings is 1. The molecule has 0 unspecified atom stereocenters. The number of aliphatic imine (C=N–C) groups is 1. The molecule has 0 saturated carbocycles. The molecule has 0 aliphatic carbocycles. The van der Waals surface area contributed by atoms with Gasteiger partial charge in [0.25, 0.3) is 0 Å². The first-order valence-electron chi connectivity index (χ1n) is 4.36. The van der Waals surface area contributed by atoms with E-state index in [-0.39, 0.29) is 0 Å². The summed E-state index contributed by atoms with van der Waals surface area (Å²) in [5, 5.41) is 6.27. The topological polar surface area (TPSA) is 62.4 Å². The number of nitrogen functional groups attached to an aromatic ring is 1. The van der Waals surface area contributed by atoms with Crippen molar-refractivity contribution >= 4 is 33.3 Å². The Hall–Kier alpha value is -1.23. The van der Waals surface area contributed by atoms with Crippen LogP contribution in [0.4, 0.5) is 11.4 Å². The van der Waals surface area contributed by atoms with E-state index in [1.165, 1.54) is 0 Å². The second-order valence-electron chi connectivity index (χ2n) is 3.02. The van der Waals surface area contributed by atoms with Gasteiger partial charge < -0.3 is 16.4 Å². The minimum absolute atomic E-state index is 0.716. The molecule has 0 fully saturated rings. The van der Waals surface area contributed by atoms with Crippen molar-refractivity contribution in [3.63, 3.8) is 0 Å². The number of nitrogens with one attached hydrogen (secondary N) is 2. The van der Waals surface area contributed by atoms with E-state index in [2.05, 4.69) is 31.6 Å². The van der Waals surface area contributed by atoms with Crippen molar-refractivity contribution in [1.82, 2.24) is 5.32 Å². The van der Waals surface area contributed by atoms with E-state index in [9.17, 15) is 0 Å². The Bertz CT molecular complexity index is 375. The quantitative estimate of drug-likeness (QED) is 0.665. The van der Waals surface area contributed by atoms with Crippen LogP contribution < -0.4 is 16.4 Å². The van der Waals surface area contributed by atoms with Crippen LogP contribution in [0, 0.1) is 0 Å². The summed E-state index contributed by atoms with van der Waals surface area (Å²) < 4.78 is 0.907. The predicted molar refractivity (Wildman–Crippen MR) is 62.5 cm³/mol. The van der Waals surface area contributed by atoms with Crippen LogP contribution in [-0.4, -0.2) is 19.0 Å². The molecule has 0 aromatic heterocycles. The summed E-state index contributed by atoms with van der Waals surface area (Å²) in [6.45, 7) is 1.72. The highest BCUT2D eigenvalue weighted by atomic mass is 79.9. The van der Waals surface area contributed by atoms with E-state index in [0.717, 1.165) is 29.2 Å². The van der Waals surface area contributed by atoms with Crippen LogP contribution in [0.25, 0.3) is 0 Å². The van der Waals surface area contributed by atoms with Crippen LogP contribution >= 0.6 is 15.9 Å². The second-order valence-corrected chi connectivity index (χ2v) is 3.87. The molecule has 0 radical (unpaired) electrons. The third-order valence-corrected chi connectivity index (χ3v) is 2.66. The fourth-order valence-corrected chi connectivity index (χ4v) is 1.49. The van der Waals surface area contributed by atoms with Crippen LogP contribution in [0.1, 0.15) is 0 Å². The summed E-state index contributed by atoms with van der Waals surface area (Å²) >= 11 is 3.34. The molecule has 2 rings (SSSR count). The second kappa shape index (κ2) is 3.88. The summed E-state index contributed by atoms with van der Waals surface area (Å²) in [5.41, 5.74) is 7.41. The molecule has 5 heteroatoms. The smallest absolute Gasteiger partial charge is 0.195 e. The van der Waals surface area contributed by atoms with E-state index in [1.807, 2.05) is 18.2 Å². The third-order valence-electron chi connectivity index (χ3n) is 1.93. The van der Waals surface area contributed by atoms with Gasteiger partial charge >= 0.3 is 0 Å². The number of nitrogens with two attached hydrogens (primary N) is 1. The molecule has 1 aliphatic rings. The summed E-state index contributed by atoms with van der Waals surface area (Å²) in [6.07, 6.45) is 0. The van der Waals surface area contributed by atoms with E-state index < -0.39 is 0 Å². The van der Waals surface area contributed by atoms with Crippen LogP contribution in [-0.2, 0) is 0 Å². The van der Waals surface area contributed by atoms with E-state index in [4.69, 9.17) is 5.73 Å². The molecule has 1 aromatic carbocycles. The number of halogens is 1. The lowest BCUT2D eigenvalue weighted by atomic mass is 10.3. The van der Waals surface area contributed by atoms with Gasteiger partial charge in [-0.05, 0) is 34.1 Å². The van der Waals surface area contributed by atoms with Gasteiger partial charge in [-0.2, -0.15) is 0 Å². The predicted octanol–water partition coefficient (Wildman–Crippen LogP) is 1.40. The highest BCUT2D eigenvalue weighted by Gasteiger charge is 2.05. The zero-order chi connectivity index (χ0) is 9.97. The molecule has 74 valence electrons. The van der Waals surface area contributed by atoms with Gasteiger partial charge in [-0.15, -0.1) is 0 Å². The van der Waals surface area contributed by atoms with Crippen LogP contribution in [0.5, 0.6) is 0 Å². The maximum atomic E-state index is 5.75. The van der Waals surface area contributed by atoms with Crippen molar-refractivity contribution in [2.45, 2.75) is 0 Å². The Morgan fingerprint density at radius 1 is 1.50 bits per heavy atom. The van der Waals surface area contributed by atoms with Crippen LogP contribution in [0.2, 0.25) is 0 Å². The molecule has 0 spiro atoms. The van der Waals surface area contributed by atoms with Gasteiger partial charge in [-0.3, -0.25) is 4.99 Å². The summed E-state index contributed by atoms with van der Waals surface area (Å²) in [7, 11) is 0. The standard InChI is InChI=1S/C9H11BrN4/c10-7-2-1-6(5-8(7)11)14-9-12-3-4-13-9/h1-2,5H,3-4,11H2,(H2,12,13,14). The van der Waals surface area contributed by atoms with Gasteiger partial charge in [0.1, 0.15) is 0 Å². The molecule has 1 aliphatic heterocycles. The molecule has 0 saturated heterocycles. The number of nitrogens with zero attached hydrogens (tertiary/aromatic N) is 1. The Morgan fingerprint density at radius 2 is 2.36 bits per heavy atom. The largest absolute Gasteiger partial charge is 0.398 e. The lowest BCUT2D eigenvalue weighted by Crippen LogP contribution is -2.26. The molecular weight excluding hydrogens is 244 g/mol. The van der Waals surface area contributed by atoms with Gasteiger partial charge in [0.05, 0.1) is 6.54 Å². The van der Waals surface area contributed by atoms with Gasteiger partial charge in [-0.25, -0.2) is 0 Å². The number of hydrogen-bond donors (Lipinski definition) is 3. The molecule has 0 atom stereocenters. The number of anilines is 2. The molecular formula is C9H11BrN4. The molecule has 1 heterocycles. The number of rotatable bonds is 1. The average molecular weight is 255 g/mol. The lowest BCUT2D eigenvalue weighted by molar-refractivity contribution is 0.959. The Balaban J connectivity index is 2.13. The Labute approximate surface area is 90.7 Å². The SMILES string of the molecule is Nc1cc(NC2=NCCN2)ccc1Br. The fraction of sp³-hybridized carbons (Fsp3) is 0.222. The first-order chi connectivity index (χ1) is 6.75. The molecule has 4 N–H and O–H groups in total. The monoisotopic (exact) mass is 254 g/mol. The van der Waals surface area contributed by atoms with Crippen LogP contribution in [0.3, 0.4) is 0 Å². The van der Waals surface area contributed by atoms with E-state index >= 15 is 0 Å². The summed E-state index contributed by atoms with van der Waals surface area (Å²) in [4.78, 5) is 4.22. The molecule has 4 nitrogen and oxygen atoms in total. The van der Waals surface area contributed by atoms with Crippen LogP contribution in [0.15, 0.2) is 27.7 Å². The first-order valence-corrected chi connectivity index (χ1v) is 5.15. The molecule has 14 heavy (non-hydrogen) atoms. The van der Waals surface area contributed by atoms with Crippen molar-refractivity contribution in [2.75, 3.05) is 24.1 Å². The average Bonchev–Trinajstić information content (AvgIpc) is 2.64. The highest BCUT2D eigenvalue weighted by Crippen LogP contribution is 2.22. The lowest BCUT2D eigenvalue weighted by Gasteiger charge is -2.07. The normalized spacial score (nSPS) is 14.8. The van der Waals surface area contributed by atoms with Gasteiger partial charge in [0, 0.05) is 22.4 Å². The summed E-state index contributed by atoms with van der Waals surface area (Å²) in [5.74, 6) is 0.812. The van der Waals surface area contributed by atoms with Crippen molar-refractivity contribution in [1.29, 1.82) is 0 Å². The minimum atomic E-state index is 0.716. The first kappa shape index (κ1) is 9.33. The van der Waals surface area contributed by atoms with Gasteiger partial charge in [0.15, 0.2) is 5.96 Å². The van der Waals surface area contributed by atoms with Gasteiger partial charge in [-0.1, -0.05) is 0 Å². The maximum absolute atomic E-state index is 5.75. The molecule has 1 aromatic rings. The fourth-order valence-electron chi connectivity index (χ4n) is 1.24. The highest BCUT2D eigenvalue weighted by molar-refractivity contribution is 9.10.